The number of rotatable bonds is 2. The monoisotopic (exact) mass is 216 g/mol. The zero-order chi connectivity index (χ0) is 11.5. The Balaban J connectivity index is 2.51. The Morgan fingerprint density at radius 1 is 1.38 bits per heavy atom. The Labute approximate surface area is 93.3 Å². The Morgan fingerprint density at radius 2 is 2.19 bits per heavy atom. The van der Waals surface area contributed by atoms with Crippen LogP contribution in [-0.2, 0) is 0 Å². The minimum atomic E-state index is -0.134. The second-order valence-corrected chi connectivity index (χ2v) is 3.36. The highest BCUT2D eigenvalue weighted by Crippen LogP contribution is 2.19. The van der Waals surface area contributed by atoms with E-state index in [9.17, 15) is 4.79 Å². The highest BCUT2D eigenvalue weighted by molar-refractivity contribution is 5.97. The Bertz CT molecular complexity index is 538. The van der Waals surface area contributed by atoms with E-state index < -0.39 is 0 Å². The fourth-order valence-electron chi connectivity index (χ4n) is 1.50. The van der Waals surface area contributed by atoms with Crippen molar-refractivity contribution in [2.24, 2.45) is 0 Å². The smallest absolute Gasteiger partial charge is 0.252 e. The van der Waals surface area contributed by atoms with Crippen LogP contribution in [0.2, 0.25) is 0 Å². The summed E-state index contributed by atoms with van der Waals surface area (Å²) >= 11 is 0. The second-order valence-electron chi connectivity index (χ2n) is 3.36. The highest BCUT2D eigenvalue weighted by atomic mass is 16.5. The number of nitrogens with one attached hydrogen (secondary N) is 1. The summed E-state index contributed by atoms with van der Waals surface area (Å²) in [7, 11) is 3.21. The summed E-state index contributed by atoms with van der Waals surface area (Å²) in [6.07, 6.45) is 1.56. The van der Waals surface area contributed by atoms with Crippen molar-refractivity contribution in [3.05, 3.63) is 36.0 Å². The van der Waals surface area contributed by atoms with Crippen molar-refractivity contribution in [3.63, 3.8) is 0 Å². The number of nitrogens with zero attached hydrogens (tertiary/aromatic N) is 1. The summed E-state index contributed by atoms with van der Waals surface area (Å²) in [4.78, 5) is 15.6. The van der Waals surface area contributed by atoms with Crippen LogP contribution in [0.4, 0.5) is 0 Å². The number of fused-ring (bicyclic) bond motifs is 1. The molecule has 1 aromatic heterocycles. The Kier molecular flexibility index (Phi) is 2.72. The van der Waals surface area contributed by atoms with E-state index in [1.807, 2.05) is 18.2 Å². The molecule has 16 heavy (non-hydrogen) atoms. The van der Waals surface area contributed by atoms with E-state index >= 15 is 0 Å². The summed E-state index contributed by atoms with van der Waals surface area (Å²) in [6.45, 7) is 0. The lowest BCUT2D eigenvalue weighted by Crippen LogP contribution is -2.17. The van der Waals surface area contributed by atoms with Crippen LogP contribution in [0.15, 0.2) is 30.5 Å². The maximum Gasteiger partial charge on any atom is 0.252 e. The number of carbonyl (C=O) groups is 1. The Morgan fingerprint density at radius 3 is 2.88 bits per heavy atom. The first-order valence-corrected chi connectivity index (χ1v) is 4.90. The molecule has 0 aliphatic rings. The average Bonchev–Trinajstić information content (AvgIpc) is 2.36. The van der Waals surface area contributed by atoms with E-state index in [1.165, 1.54) is 0 Å². The lowest BCUT2D eigenvalue weighted by molar-refractivity contribution is 0.0963. The van der Waals surface area contributed by atoms with Gasteiger partial charge in [0.1, 0.15) is 5.75 Å². The van der Waals surface area contributed by atoms with E-state index in [-0.39, 0.29) is 5.91 Å². The number of hydrogen-bond donors (Lipinski definition) is 1. The molecule has 0 bridgehead atoms. The summed E-state index contributed by atoms with van der Waals surface area (Å²) in [5.74, 6) is 0.623. The van der Waals surface area contributed by atoms with Crippen molar-refractivity contribution in [2.75, 3.05) is 14.2 Å². The molecule has 0 radical (unpaired) electrons. The molecule has 0 atom stereocenters. The van der Waals surface area contributed by atoms with E-state index in [2.05, 4.69) is 10.3 Å². The zero-order valence-electron chi connectivity index (χ0n) is 9.15. The van der Waals surface area contributed by atoms with E-state index in [4.69, 9.17) is 4.74 Å². The van der Waals surface area contributed by atoms with Gasteiger partial charge in [-0.05, 0) is 18.2 Å². The molecule has 0 saturated heterocycles. The van der Waals surface area contributed by atoms with Gasteiger partial charge in [0.2, 0.25) is 0 Å². The summed E-state index contributed by atoms with van der Waals surface area (Å²) in [6, 6.07) is 7.37. The molecule has 0 fully saturated rings. The van der Waals surface area contributed by atoms with E-state index in [0.717, 1.165) is 16.7 Å². The van der Waals surface area contributed by atoms with Crippen molar-refractivity contribution in [3.8, 4) is 5.75 Å². The van der Waals surface area contributed by atoms with Gasteiger partial charge in [0.25, 0.3) is 5.91 Å². The SMILES string of the molecule is CNC(=O)c1cnc2cc(OC)ccc2c1. The number of benzene rings is 1. The number of ether oxygens (including phenoxy) is 1. The summed E-state index contributed by atoms with van der Waals surface area (Å²) < 4.78 is 5.10. The molecule has 82 valence electrons. The van der Waals surface area contributed by atoms with Gasteiger partial charge in [-0.3, -0.25) is 9.78 Å². The number of methoxy groups -OCH3 is 1. The molecule has 0 unspecified atom stereocenters. The van der Waals surface area contributed by atoms with Gasteiger partial charge in [0, 0.05) is 24.7 Å². The van der Waals surface area contributed by atoms with Gasteiger partial charge in [-0.25, -0.2) is 0 Å². The van der Waals surface area contributed by atoms with Crippen LogP contribution < -0.4 is 10.1 Å². The maximum atomic E-state index is 11.4. The first kappa shape index (κ1) is 10.4. The number of pyridine rings is 1. The van der Waals surface area contributed by atoms with Crippen molar-refractivity contribution >= 4 is 16.8 Å². The lowest BCUT2D eigenvalue weighted by atomic mass is 10.1. The third-order valence-electron chi connectivity index (χ3n) is 2.38. The third-order valence-corrected chi connectivity index (χ3v) is 2.38. The molecular weight excluding hydrogens is 204 g/mol. The average molecular weight is 216 g/mol. The molecule has 0 aliphatic heterocycles. The molecule has 4 heteroatoms. The number of carbonyl (C=O) groups excluding carboxylic acids is 1. The van der Waals surface area contributed by atoms with Crippen LogP contribution in [0, 0.1) is 0 Å². The predicted molar refractivity (Wildman–Crippen MR) is 61.7 cm³/mol. The van der Waals surface area contributed by atoms with Crippen LogP contribution in [0.3, 0.4) is 0 Å². The molecule has 1 N–H and O–H groups in total. The van der Waals surface area contributed by atoms with Gasteiger partial charge in [-0.2, -0.15) is 0 Å². The standard InChI is InChI=1S/C12H12N2O2/c1-13-12(15)9-5-8-3-4-10(16-2)6-11(8)14-7-9/h3-7H,1-2H3,(H,13,15). The largest absolute Gasteiger partial charge is 0.497 e. The van der Waals surface area contributed by atoms with Crippen LogP contribution in [-0.4, -0.2) is 25.0 Å². The number of aromatic nitrogens is 1. The quantitative estimate of drug-likeness (QED) is 0.829. The molecule has 0 spiro atoms. The second kappa shape index (κ2) is 4.18. The predicted octanol–water partition coefficient (Wildman–Crippen LogP) is 1.60. The molecule has 4 nitrogen and oxygen atoms in total. The van der Waals surface area contributed by atoms with E-state index in [1.54, 1.807) is 26.4 Å². The minimum absolute atomic E-state index is 0.134. The van der Waals surface area contributed by atoms with Crippen molar-refractivity contribution in [1.29, 1.82) is 0 Å². The van der Waals surface area contributed by atoms with Gasteiger partial charge in [0.05, 0.1) is 18.2 Å². The maximum absolute atomic E-state index is 11.4. The van der Waals surface area contributed by atoms with Crippen molar-refractivity contribution < 1.29 is 9.53 Å². The molecule has 0 aliphatic carbocycles. The minimum Gasteiger partial charge on any atom is -0.497 e. The molecule has 0 saturated carbocycles. The summed E-state index contributed by atoms with van der Waals surface area (Å²) in [5.41, 5.74) is 1.37. The normalized spacial score (nSPS) is 10.1. The fraction of sp³-hybridized carbons (Fsp3) is 0.167. The first-order valence-electron chi connectivity index (χ1n) is 4.90. The molecular formula is C12H12N2O2. The molecule has 1 heterocycles. The van der Waals surface area contributed by atoms with Crippen LogP contribution >= 0.6 is 0 Å². The lowest BCUT2D eigenvalue weighted by Gasteiger charge is -2.04. The van der Waals surface area contributed by atoms with Crippen LogP contribution in [0.1, 0.15) is 10.4 Å². The fourth-order valence-corrected chi connectivity index (χ4v) is 1.50. The van der Waals surface area contributed by atoms with Gasteiger partial charge in [-0.1, -0.05) is 0 Å². The van der Waals surface area contributed by atoms with Gasteiger partial charge in [-0.15, -0.1) is 0 Å². The molecule has 2 rings (SSSR count). The zero-order valence-corrected chi connectivity index (χ0v) is 9.15. The van der Waals surface area contributed by atoms with Gasteiger partial charge >= 0.3 is 0 Å². The van der Waals surface area contributed by atoms with Gasteiger partial charge < -0.3 is 10.1 Å². The van der Waals surface area contributed by atoms with Crippen LogP contribution in [0.5, 0.6) is 5.75 Å². The van der Waals surface area contributed by atoms with E-state index in [0.29, 0.717) is 5.56 Å². The van der Waals surface area contributed by atoms with Gasteiger partial charge in [0.15, 0.2) is 0 Å². The third kappa shape index (κ3) is 1.82. The summed E-state index contributed by atoms with van der Waals surface area (Å²) in [5, 5.41) is 3.48. The molecule has 2 aromatic rings. The van der Waals surface area contributed by atoms with Crippen LogP contribution in [0.25, 0.3) is 10.9 Å². The molecule has 1 aromatic carbocycles. The Hall–Kier alpha value is -2.10. The number of hydrogen-bond acceptors (Lipinski definition) is 3. The topological polar surface area (TPSA) is 51.2 Å². The first-order chi connectivity index (χ1) is 7.74. The molecule has 1 amide bonds. The number of amides is 1. The highest BCUT2D eigenvalue weighted by Gasteiger charge is 2.05. The van der Waals surface area contributed by atoms with Crippen molar-refractivity contribution in [2.45, 2.75) is 0 Å². The van der Waals surface area contributed by atoms with Crippen molar-refractivity contribution in [1.82, 2.24) is 10.3 Å².